The first kappa shape index (κ1) is 18.1. The lowest BCUT2D eigenvalue weighted by Gasteiger charge is -2.23. The van der Waals surface area contributed by atoms with Gasteiger partial charge in [-0.15, -0.1) is 0 Å². The Labute approximate surface area is 119 Å². The molecule has 6 heteroatoms. The molecule has 112 valence electrons. The molecule has 0 rings (SSSR count). The predicted molar refractivity (Wildman–Crippen MR) is 79.6 cm³/mol. The molecule has 0 saturated heterocycles. The van der Waals surface area contributed by atoms with Gasteiger partial charge in [-0.25, -0.2) is 9.59 Å². The van der Waals surface area contributed by atoms with Crippen LogP contribution in [0.25, 0.3) is 0 Å². The Morgan fingerprint density at radius 2 is 1.79 bits per heavy atom. The van der Waals surface area contributed by atoms with Crippen LogP contribution in [-0.2, 0) is 4.79 Å². The molecule has 0 heterocycles. The number of hydrogen-bond acceptors (Lipinski definition) is 3. The fraction of sp³-hybridized carbons (Fsp3) is 0.846. The zero-order chi connectivity index (χ0) is 14.8. The average Bonchev–Trinajstić information content (AvgIpc) is 2.35. The summed E-state index contributed by atoms with van der Waals surface area (Å²) in [5.41, 5.74) is 0. The van der Waals surface area contributed by atoms with Crippen LogP contribution in [0.15, 0.2) is 0 Å². The van der Waals surface area contributed by atoms with Gasteiger partial charge in [-0.2, -0.15) is 11.8 Å². The summed E-state index contributed by atoms with van der Waals surface area (Å²) in [7, 11) is 0. The summed E-state index contributed by atoms with van der Waals surface area (Å²) in [5.74, 6) is 0.138. The van der Waals surface area contributed by atoms with Crippen molar-refractivity contribution in [2.24, 2.45) is 5.92 Å². The SMILES string of the molecule is CCC(CC)C(C)NC(=O)NC(CCSC)C(=O)O. The lowest BCUT2D eigenvalue weighted by atomic mass is 9.96. The molecule has 0 aliphatic rings. The van der Waals surface area contributed by atoms with E-state index >= 15 is 0 Å². The standard InChI is InChI=1S/C13H26N2O3S/c1-5-10(6-2)9(3)14-13(18)15-11(12(16)17)7-8-19-4/h9-11H,5-8H2,1-4H3,(H,16,17)(H2,14,15,18). The summed E-state index contributed by atoms with van der Waals surface area (Å²) in [6.07, 6.45) is 4.33. The van der Waals surface area contributed by atoms with Crippen LogP contribution >= 0.6 is 11.8 Å². The highest BCUT2D eigenvalue weighted by Crippen LogP contribution is 2.12. The molecule has 0 aromatic rings. The van der Waals surface area contributed by atoms with Crippen LogP contribution in [0, 0.1) is 5.92 Å². The molecule has 0 aliphatic heterocycles. The number of carboxylic acid groups (broad SMARTS) is 1. The van der Waals surface area contributed by atoms with E-state index in [-0.39, 0.29) is 6.04 Å². The molecule has 3 N–H and O–H groups in total. The van der Waals surface area contributed by atoms with Crippen LogP contribution in [0.5, 0.6) is 0 Å². The molecule has 5 nitrogen and oxygen atoms in total. The molecular formula is C13H26N2O3S. The first-order valence-corrected chi connectivity index (χ1v) is 8.14. The van der Waals surface area contributed by atoms with Gasteiger partial charge in [0.1, 0.15) is 6.04 Å². The van der Waals surface area contributed by atoms with Crippen molar-refractivity contribution in [3.63, 3.8) is 0 Å². The number of rotatable bonds is 9. The van der Waals surface area contributed by atoms with E-state index in [0.717, 1.165) is 12.8 Å². The Morgan fingerprint density at radius 1 is 1.21 bits per heavy atom. The van der Waals surface area contributed by atoms with Gasteiger partial charge in [-0.3, -0.25) is 0 Å². The van der Waals surface area contributed by atoms with Gasteiger partial charge in [0.15, 0.2) is 0 Å². The van der Waals surface area contributed by atoms with Crippen LogP contribution < -0.4 is 10.6 Å². The third-order valence-corrected chi connectivity index (χ3v) is 3.97. The molecule has 0 spiro atoms. The Bertz CT molecular complexity index is 283. The Hall–Kier alpha value is -0.910. The number of aliphatic carboxylic acids is 1. The maximum atomic E-state index is 11.8. The molecule has 0 radical (unpaired) electrons. The summed E-state index contributed by atoms with van der Waals surface area (Å²) >= 11 is 1.57. The first-order chi connectivity index (χ1) is 8.96. The van der Waals surface area contributed by atoms with E-state index in [2.05, 4.69) is 24.5 Å². The van der Waals surface area contributed by atoms with Gasteiger partial charge in [0.05, 0.1) is 0 Å². The van der Waals surface area contributed by atoms with Crippen LogP contribution in [-0.4, -0.2) is 41.2 Å². The highest BCUT2D eigenvalue weighted by molar-refractivity contribution is 7.98. The van der Waals surface area contributed by atoms with Crippen LogP contribution in [0.2, 0.25) is 0 Å². The second kappa shape index (κ2) is 9.95. The summed E-state index contributed by atoms with van der Waals surface area (Å²) < 4.78 is 0. The molecular weight excluding hydrogens is 264 g/mol. The van der Waals surface area contributed by atoms with E-state index in [1.807, 2.05) is 13.2 Å². The third kappa shape index (κ3) is 7.30. The lowest BCUT2D eigenvalue weighted by Crippen LogP contribution is -2.50. The fourth-order valence-electron chi connectivity index (χ4n) is 2.01. The fourth-order valence-corrected chi connectivity index (χ4v) is 2.48. The van der Waals surface area contributed by atoms with E-state index in [0.29, 0.717) is 18.1 Å². The van der Waals surface area contributed by atoms with Crippen molar-refractivity contribution in [3.05, 3.63) is 0 Å². The van der Waals surface area contributed by atoms with Crippen LogP contribution in [0.4, 0.5) is 4.79 Å². The summed E-state index contributed by atoms with van der Waals surface area (Å²) in [6, 6.07) is -1.17. The molecule has 0 aromatic carbocycles. The minimum absolute atomic E-state index is 0.0463. The molecule has 0 fully saturated rings. The van der Waals surface area contributed by atoms with E-state index in [4.69, 9.17) is 5.11 Å². The van der Waals surface area contributed by atoms with Gasteiger partial charge in [-0.1, -0.05) is 26.7 Å². The second-order valence-corrected chi connectivity index (χ2v) is 5.64. The normalized spacial score (nSPS) is 13.9. The number of carbonyl (C=O) groups excluding carboxylic acids is 1. The number of thioether (sulfide) groups is 1. The summed E-state index contributed by atoms with van der Waals surface area (Å²) in [6.45, 7) is 6.13. The van der Waals surface area contributed by atoms with Crippen molar-refractivity contribution in [3.8, 4) is 0 Å². The molecule has 0 aliphatic carbocycles. The molecule has 0 aromatic heterocycles. The van der Waals surface area contributed by atoms with Crippen molar-refractivity contribution >= 4 is 23.8 Å². The Morgan fingerprint density at radius 3 is 2.21 bits per heavy atom. The molecule has 19 heavy (non-hydrogen) atoms. The van der Waals surface area contributed by atoms with Gasteiger partial charge in [0.2, 0.25) is 0 Å². The van der Waals surface area contributed by atoms with Crippen LogP contribution in [0.3, 0.4) is 0 Å². The quantitative estimate of drug-likeness (QED) is 0.609. The van der Waals surface area contributed by atoms with E-state index in [9.17, 15) is 9.59 Å². The number of hydrogen-bond donors (Lipinski definition) is 3. The lowest BCUT2D eigenvalue weighted by molar-refractivity contribution is -0.139. The van der Waals surface area contributed by atoms with Gasteiger partial charge >= 0.3 is 12.0 Å². The number of amides is 2. The molecule has 2 unspecified atom stereocenters. The topological polar surface area (TPSA) is 78.4 Å². The van der Waals surface area contributed by atoms with Crippen LogP contribution in [0.1, 0.15) is 40.0 Å². The minimum Gasteiger partial charge on any atom is -0.480 e. The maximum Gasteiger partial charge on any atom is 0.326 e. The number of nitrogens with one attached hydrogen (secondary N) is 2. The van der Waals surface area contributed by atoms with E-state index in [1.54, 1.807) is 11.8 Å². The monoisotopic (exact) mass is 290 g/mol. The van der Waals surface area contributed by atoms with Crippen molar-refractivity contribution in [2.75, 3.05) is 12.0 Å². The summed E-state index contributed by atoms with van der Waals surface area (Å²) in [4.78, 5) is 22.8. The number of carboxylic acids is 1. The average molecular weight is 290 g/mol. The minimum atomic E-state index is -0.987. The van der Waals surface area contributed by atoms with Crippen molar-refractivity contribution < 1.29 is 14.7 Å². The smallest absolute Gasteiger partial charge is 0.326 e. The van der Waals surface area contributed by atoms with Gasteiger partial charge in [0, 0.05) is 6.04 Å². The number of urea groups is 1. The van der Waals surface area contributed by atoms with Crippen molar-refractivity contribution in [1.82, 2.24) is 10.6 Å². The maximum absolute atomic E-state index is 11.8. The second-order valence-electron chi connectivity index (χ2n) is 4.66. The third-order valence-electron chi connectivity index (χ3n) is 3.33. The van der Waals surface area contributed by atoms with E-state index < -0.39 is 18.0 Å². The van der Waals surface area contributed by atoms with E-state index in [1.165, 1.54) is 0 Å². The Kier molecular flexibility index (Phi) is 9.47. The predicted octanol–water partition coefficient (Wildman–Crippen LogP) is 2.32. The number of carbonyl (C=O) groups is 2. The van der Waals surface area contributed by atoms with Gasteiger partial charge in [-0.05, 0) is 31.3 Å². The highest BCUT2D eigenvalue weighted by atomic mass is 32.2. The van der Waals surface area contributed by atoms with Crippen molar-refractivity contribution in [2.45, 2.75) is 52.1 Å². The first-order valence-electron chi connectivity index (χ1n) is 6.74. The Balaban J connectivity index is 4.29. The zero-order valence-electron chi connectivity index (χ0n) is 12.2. The van der Waals surface area contributed by atoms with Gasteiger partial charge < -0.3 is 15.7 Å². The van der Waals surface area contributed by atoms with Crippen molar-refractivity contribution in [1.29, 1.82) is 0 Å². The molecule has 2 atom stereocenters. The molecule has 2 amide bonds. The largest absolute Gasteiger partial charge is 0.480 e. The molecule has 0 bridgehead atoms. The highest BCUT2D eigenvalue weighted by Gasteiger charge is 2.21. The molecule has 0 saturated carbocycles. The van der Waals surface area contributed by atoms with Gasteiger partial charge in [0.25, 0.3) is 0 Å². The zero-order valence-corrected chi connectivity index (χ0v) is 13.0. The summed E-state index contributed by atoms with van der Waals surface area (Å²) in [5, 5.41) is 14.4.